The number of rotatable bonds is 0. The predicted molar refractivity (Wildman–Crippen MR) is 29.4 cm³/mol. The number of hydrogen-bond donors (Lipinski definition) is 0. The zero-order chi connectivity index (χ0) is 6.15. The molecule has 0 bridgehead atoms. The normalized spacial score (nSPS) is 22.8. The molecule has 0 unspecified atom stereocenters. The van der Waals surface area contributed by atoms with Crippen molar-refractivity contribution in [2.75, 3.05) is 13.6 Å². The van der Waals surface area contributed by atoms with Crippen LogP contribution in [0.3, 0.4) is 0 Å². The van der Waals surface area contributed by atoms with Gasteiger partial charge >= 0.3 is 0 Å². The van der Waals surface area contributed by atoms with Crippen LogP contribution >= 0.6 is 0 Å². The number of nitrogens with zero attached hydrogens (tertiary/aromatic N) is 2. The molecule has 1 fully saturated rings. The van der Waals surface area contributed by atoms with Crippen LogP contribution in [0.4, 0.5) is 0 Å². The first kappa shape index (κ1) is 5.56. The molecular formula is C5H9N2O-. The number of amides is 1. The molecule has 1 saturated heterocycles. The van der Waals surface area contributed by atoms with E-state index in [1.807, 2.05) is 0 Å². The zero-order valence-electron chi connectivity index (χ0n) is 4.92. The summed E-state index contributed by atoms with van der Waals surface area (Å²) in [5.74, 6) is 0.153. The van der Waals surface area contributed by atoms with Crippen molar-refractivity contribution in [3.05, 3.63) is 7.05 Å². The van der Waals surface area contributed by atoms with Crippen molar-refractivity contribution in [1.29, 1.82) is 0 Å². The lowest BCUT2D eigenvalue weighted by Crippen LogP contribution is -2.29. The fourth-order valence-electron chi connectivity index (χ4n) is 0.694. The average molecular weight is 113 g/mol. The fraction of sp³-hybridized carbons (Fsp3) is 0.600. The Balaban J connectivity index is 2.56. The first-order valence-electron chi connectivity index (χ1n) is 2.56. The third-order valence-corrected chi connectivity index (χ3v) is 1.37. The van der Waals surface area contributed by atoms with Crippen LogP contribution in [0.5, 0.6) is 0 Å². The van der Waals surface area contributed by atoms with Crippen LogP contribution < -0.4 is 0 Å². The Labute approximate surface area is 48.8 Å². The van der Waals surface area contributed by atoms with Gasteiger partial charge in [0.25, 0.3) is 0 Å². The molecule has 0 N–H and O–H groups in total. The van der Waals surface area contributed by atoms with Crippen LogP contribution in [0, 0.1) is 7.05 Å². The van der Waals surface area contributed by atoms with E-state index < -0.39 is 0 Å². The first-order chi connectivity index (χ1) is 3.72. The van der Waals surface area contributed by atoms with Crippen molar-refractivity contribution in [2.45, 2.75) is 6.42 Å². The Bertz CT molecular complexity index is 113. The van der Waals surface area contributed by atoms with Gasteiger partial charge in [0.15, 0.2) is 0 Å². The fourth-order valence-corrected chi connectivity index (χ4v) is 0.694. The van der Waals surface area contributed by atoms with Gasteiger partial charge in [0.1, 0.15) is 0 Å². The first-order valence-corrected chi connectivity index (χ1v) is 2.56. The summed E-state index contributed by atoms with van der Waals surface area (Å²) in [5, 5.41) is 3.18. The minimum atomic E-state index is 0.153. The van der Waals surface area contributed by atoms with E-state index in [4.69, 9.17) is 0 Å². The quantitative estimate of drug-likeness (QED) is 0.408. The summed E-state index contributed by atoms with van der Waals surface area (Å²) in [6.07, 6.45) is 0.611. The molecule has 1 heterocycles. The molecule has 0 aromatic heterocycles. The Kier molecular flexibility index (Phi) is 1.21. The van der Waals surface area contributed by atoms with Crippen molar-refractivity contribution in [3.8, 4) is 0 Å². The molecule has 1 aliphatic heterocycles. The molecule has 0 spiro atoms. The smallest absolute Gasteiger partial charge is 0.235 e. The predicted octanol–water partition coefficient (Wildman–Crippen LogP) is -0.143. The van der Waals surface area contributed by atoms with E-state index in [2.05, 4.69) is 7.05 Å². The van der Waals surface area contributed by atoms with Crippen molar-refractivity contribution in [1.82, 2.24) is 10.0 Å². The van der Waals surface area contributed by atoms with Gasteiger partial charge in [0.2, 0.25) is 5.91 Å². The van der Waals surface area contributed by atoms with E-state index in [9.17, 15) is 4.79 Å². The summed E-state index contributed by atoms with van der Waals surface area (Å²) in [6, 6.07) is 0. The van der Waals surface area contributed by atoms with Crippen LogP contribution in [0.15, 0.2) is 0 Å². The van der Waals surface area contributed by atoms with Gasteiger partial charge in [-0.3, -0.25) is 11.8 Å². The molecular weight excluding hydrogens is 104 g/mol. The summed E-state index contributed by atoms with van der Waals surface area (Å²) in [6.45, 7) is 0.759. The van der Waals surface area contributed by atoms with E-state index in [0.717, 1.165) is 6.54 Å². The SMILES string of the molecule is [CH2-]N1CCC(=O)N1C. The summed E-state index contributed by atoms with van der Waals surface area (Å²) in [5.41, 5.74) is 0. The monoisotopic (exact) mass is 113 g/mol. The van der Waals surface area contributed by atoms with Gasteiger partial charge in [-0.15, -0.1) is 0 Å². The lowest BCUT2D eigenvalue weighted by atomic mass is 10.4. The molecule has 0 aromatic rings. The van der Waals surface area contributed by atoms with Gasteiger partial charge in [-0.2, -0.15) is 0 Å². The van der Waals surface area contributed by atoms with Gasteiger partial charge in [0, 0.05) is 13.5 Å². The number of hydrogen-bond acceptors (Lipinski definition) is 2. The molecule has 0 radical (unpaired) electrons. The van der Waals surface area contributed by atoms with Gasteiger partial charge in [-0.25, -0.2) is 0 Å². The molecule has 0 aliphatic carbocycles. The van der Waals surface area contributed by atoms with Crippen molar-refractivity contribution < 1.29 is 4.79 Å². The second kappa shape index (κ2) is 1.74. The molecule has 3 heteroatoms. The third-order valence-electron chi connectivity index (χ3n) is 1.37. The van der Waals surface area contributed by atoms with E-state index in [-0.39, 0.29) is 5.91 Å². The highest BCUT2D eigenvalue weighted by atomic mass is 16.2. The van der Waals surface area contributed by atoms with Crippen LogP contribution in [0.1, 0.15) is 6.42 Å². The van der Waals surface area contributed by atoms with Gasteiger partial charge in [-0.05, 0) is 6.54 Å². The van der Waals surface area contributed by atoms with E-state index >= 15 is 0 Å². The highest BCUT2D eigenvalue weighted by Gasteiger charge is 2.16. The molecule has 1 rings (SSSR count). The van der Waals surface area contributed by atoms with E-state index in [1.54, 1.807) is 12.1 Å². The summed E-state index contributed by atoms with van der Waals surface area (Å²) >= 11 is 0. The van der Waals surface area contributed by atoms with E-state index in [0.29, 0.717) is 6.42 Å². The molecule has 3 nitrogen and oxygen atoms in total. The maximum atomic E-state index is 10.6. The summed E-state index contributed by atoms with van der Waals surface area (Å²) in [4.78, 5) is 10.6. The van der Waals surface area contributed by atoms with Crippen LogP contribution in [-0.2, 0) is 4.79 Å². The number of hydrazine groups is 1. The highest BCUT2D eigenvalue weighted by molar-refractivity contribution is 5.77. The highest BCUT2D eigenvalue weighted by Crippen LogP contribution is 2.05. The molecule has 1 aliphatic rings. The number of carbonyl (C=O) groups is 1. The van der Waals surface area contributed by atoms with Gasteiger partial charge in [0.05, 0.1) is 0 Å². The summed E-state index contributed by atoms with van der Waals surface area (Å²) in [7, 11) is 5.33. The molecule has 1 amide bonds. The largest absolute Gasteiger partial charge is 0.370 e. The van der Waals surface area contributed by atoms with Crippen molar-refractivity contribution in [3.63, 3.8) is 0 Å². The Morgan fingerprint density at radius 2 is 2.38 bits per heavy atom. The lowest BCUT2D eigenvalue weighted by molar-refractivity contribution is -0.133. The summed E-state index contributed by atoms with van der Waals surface area (Å²) < 4.78 is 0. The second-order valence-electron chi connectivity index (χ2n) is 1.90. The number of carbonyl (C=O) groups excluding carboxylic acids is 1. The standard InChI is InChI=1S/C5H9N2O/c1-6-4-3-5(8)7(6)2/h1,3-4H2,2H3/q-1. The van der Waals surface area contributed by atoms with E-state index in [1.165, 1.54) is 5.01 Å². The van der Waals surface area contributed by atoms with Gasteiger partial charge in [-0.1, -0.05) is 0 Å². The van der Waals surface area contributed by atoms with Crippen LogP contribution in [0.2, 0.25) is 0 Å². The van der Waals surface area contributed by atoms with Gasteiger partial charge < -0.3 is 10.0 Å². The second-order valence-corrected chi connectivity index (χ2v) is 1.90. The lowest BCUT2D eigenvalue weighted by Gasteiger charge is -2.26. The maximum absolute atomic E-state index is 10.6. The Hall–Kier alpha value is -0.570. The zero-order valence-corrected chi connectivity index (χ0v) is 4.92. The molecule has 0 saturated carbocycles. The Morgan fingerprint density at radius 1 is 1.75 bits per heavy atom. The molecule has 46 valence electrons. The molecule has 0 aromatic carbocycles. The maximum Gasteiger partial charge on any atom is 0.235 e. The Morgan fingerprint density at radius 3 is 2.50 bits per heavy atom. The molecule has 0 atom stereocenters. The molecule has 8 heavy (non-hydrogen) atoms. The average Bonchev–Trinajstić information content (AvgIpc) is 1.98. The van der Waals surface area contributed by atoms with Crippen molar-refractivity contribution in [2.24, 2.45) is 0 Å². The minimum absolute atomic E-state index is 0.153. The van der Waals surface area contributed by atoms with Crippen LogP contribution in [0.25, 0.3) is 0 Å². The topological polar surface area (TPSA) is 23.6 Å². The third kappa shape index (κ3) is 0.690. The minimum Gasteiger partial charge on any atom is -0.370 e. The van der Waals surface area contributed by atoms with Crippen LogP contribution in [-0.4, -0.2) is 29.5 Å². The van der Waals surface area contributed by atoms with Crippen molar-refractivity contribution >= 4 is 5.91 Å².